The molecule has 2 aromatic rings. The van der Waals surface area contributed by atoms with Gasteiger partial charge in [0.2, 0.25) is 0 Å². The summed E-state index contributed by atoms with van der Waals surface area (Å²) in [6.45, 7) is 4.29. The molecule has 2 rings (SSSR count). The minimum absolute atomic E-state index is 0.113. The molecule has 20 heavy (non-hydrogen) atoms. The van der Waals surface area contributed by atoms with Crippen LogP contribution in [0.25, 0.3) is 0 Å². The monoisotopic (exact) mass is 271 g/mol. The van der Waals surface area contributed by atoms with Gasteiger partial charge in [0.05, 0.1) is 0 Å². The lowest BCUT2D eigenvalue weighted by Crippen LogP contribution is -2.40. The standard InChI is InChI=1S/C17H21NO2/c1-13-7-6-10-16(14(13)2)20-12-17(19,11-18)15-8-4-3-5-9-15/h3-10,19H,11-12,18H2,1-2H3. The maximum atomic E-state index is 10.7. The van der Waals surface area contributed by atoms with Crippen molar-refractivity contribution < 1.29 is 9.84 Å². The highest BCUT2D eigenvalue weighted by Crippen LogP contribution is 2.25. The van der Waals surface area contributed by atoms with E-state index in [0.717, 1.165) is 16.9 Å². The van der Waals surface area contributed by atoms with E-state index in [1.165, 1.54) is 5.56 Å². The molecular formula is C17H21NO2. The molecule has 1 unspecified atom stereocenters. The number of hydrogen-bond acceptors (Lipinski definition) is 3. The molecule has 3 nitrogen and oxygen atoms in total. The van der Waals surface area contributed by atoms with Crippen LogP contribution < -0.4 is 10.5 Å². The van der Waals surface area contributed by atoms with Gasteiger partial charge in [0.1, 0.15) is 18.0 Å². The zero-order chi connectivity index (χ0) is 14.6. The van der Waals surface area contributed by atoms with E-state index in [9.17, 15) is 5.11 Å². The van der Waals surface area contributed by atoms with Gasteiger partial charge in [-0.05, 0) is 36.6 Å². The van der Waals surface area contributed by atoms with E-state index in [2.05, 4.69) is 0 Å². The number of aryl methyl sites for hydroxylation is 1. The van der Waals surface area contributed by atoms with Gasteiger partial charge in [0, 0.05) is 6.54 Å². The Bertz CT molecular complexity index is 568. The summed E-state index contributed by atoms with van der Waals surface area (Å²) in [5.74, 6) is 0.785. The fraction of sp³-hybridized carbons (Fsp3) is 0.294. The van der Waals surface area contributed by atoms with Crippen molar-refractivity contribution in [1.29, 1.82) is 0 Å². The Hall–Kier alpha value is -1.84. The van der Waals surface area contributed by atoms with Gasteiger partial charge in [-0.15, -0.1) is 0 Å². The minimum atomic E-state index is -1.17. The molecule has 106 valence electrons. The van der Waals surface area contributed by atoms with Gasteiger partial charge >= 0.3 is 0 Å². The largest absolute Gasteiger partial charge is 0.490 e. The van der Waals surface area contributed by atoms with Gasteiger partial charge in [-0.25, -0.2) is 0 Å². The van der Waals surface area contributed by atoms with Crippen LogP contribution in [0, 0.1) is 13.8 Å². The normalized spacial score (nSPS) is 13.8. The summed E-state index contributed by atoms with van der Waals surface area (Å²) >= 11 is 0. The van der Waals surface area contributed by atoms with E-state index in [0.29, 0.717) is 0 Å². The second-order valence-electron chi connectivity index (χ2n) is 5.09. The lowest BCUT2D eigenvalue weighted by molar-refractivity contribution is -0.00165. The van der Waals surface area contributed by atoms with Gasteiger partial charge in [0.25, 0.3) is 0 Å². The molecule has 0 fully saturated rings. The summed E-state index contributed by atoms with van der Waals surface area (Å²) in [4.78, 5) is 0. The van der Waals surface area contributed by atoms with Crippen molar-refractivity contribution in [3.8, 4) is 5.75 Å². The molecule has 0 heterocycles. The predicted octanol–water partition coefficient (Wildman–Crippen LogP) is 2.53. The third-order valence-electron chi connectivity index (χ3n) is 3.67. The maximum Gasteiger partial charge on any atom is 0.136 e. The minimum Gasteiger partial charge on any atom is -0.490 e. The molecule has 1 atom stereocenters. The van der Waals surface area contributed by atoms with Crippen molar-refractivity contribution in [2.24, 2.45) is 5.73 Å². The van der Waals surface area contributed by atoms with E-state index in [1.54, 1.807) is 0 Å². The molecular weight excluding hydrogens is 250 g/mol. The van der Waals surface area contributed by atoms with Crippen molar-refractivity contribution in [2.45, 2.75) is 19.4 Å². The number of benzene rings is 2. The molecule has 0 aromatic heterocycles. The summed E-state index contributed by atoms with van der Waals surface area (Å²) in [5, 5.41) is 10.7. The second-order valence-corrected chi connectivity index (χ2v) is 5.09. The molecule has 0 saturated heterocycles. The summed E-state index contributed by atoms with van der Waals surface area (Å²) in [7, 11) is 0. The van der Waals surface area contributed by atoms with Crippen LogP contribution in [0.3, 0.4) is 0 Å². The second kappa shape index (κ2) is 6.07. The highest BCUT2D eigenvalue weighted by atomic mass is 16.5. The van der Waals surface area contributed by atoms with Gasteiger partial charge in [-0.3, -0.25) is 0 Å². The van der Waals surface area contributed by atoms with Crippen molar-refractivity contribution >= 4 is 0 Å². The zero-order valence-corrected chi connectivity index (χ0v) is 12.0. The topological polar surface area (TPSA) is 55.5 Å². The molecule has 0 amide bonds. The third-order valence-corrected chi connectivity index (χ3v) is 3.67. The van der Waals surface area contributed by atoms with Crippen LogP contribution in [-0.4, -0.2) is 18.3 Å². The van der Waals surface area contributed by atoms with Gasteiger partial charge in [-0.2, -0.15) is 0 Å². The predicted molar refractivity (Wildman–Crippen MR) is 80.8 cm³/mol. The molecule has 0 aliphatic rings. The number of ether oxygens (including phenoxy) is 1. The molecule has 3 heteroatoms. The molecule has 0 aliphatic carbocycles. The van der Waals surface area contributed by atoms with Crippen LogP contribution in [0.4, 0.5) is 0 Å². The Balaban J connectivity index is 2.17. The van der Waals surface area contributed by atoms with Crippen LogP contribution in [-0.2, 0) is 5.60 Å². The molecule has 0 saturated carbocycles. The number of nitrogens with two attached hydrogens (primary N) is 1. The smallest absolute Gasteiger partial charge is 0.136 e. The zero-order valence-electron chi connectivity index (χ0n) is 12.0. The first kappa shape index (κ1) is 14.6. The highest BCUT2D eigenvalue weighted by molar-refractivity contribution is 5.38. The lowest BCUT2D eigenvalue weighted by Gasteiger charge is -2.27. The highest BCUT2D eigenvalue weighted by Gasteiger charge is 2.28. The number of rotatable bonds is 5. The molecule has 3 N–H and O–H groups in total. The summed E-state index contributed by atoms with van der Waals surface area (Å²) in [6.07, 6.45) is 0. The van der Waals surface area contributed by atoms with E-state index >= 15 is 0 Å². The summed E-state index contributed by atoms with van der Waals surface area (Å²) < 4.78 is 5.80. The van der Waals surface area contributed by atoms with Crippen LogP contribution in [0.5, 0.6) is 5.75 Å². The summed E-state index contributed by atoms with van der Waals surface area (Å²) in [5.41, 5.74) is 7.59. The fourth-order valence-corrected chi connectivity index (χ4v) is 2.09. The van der Waals surface area contributed by atoms with Gasteiger partial charge < -0.3 is 15.6 Å². The Morgan fingerprint density at radius 1 is 1.05 bits per heavy atom. The first-order chi connectivity index (χ1) is 9.57. The van der Waals surface area contributed by atoms with Crippen molar-refractivity contribution in [1.82, 2.24) is 0 Å². The molecule has 2 aromatic carbocycles. The lowest BCUT2D eigenvalue weighted by atomic mass is 9.95. The van der Waals surface area contributed by atoms with E-state index in [1.807, 2.05) is 62.4 Å². The summed E-state index contributed by atoms with van der Waals surface area (Å²) in [6, 6.07) is 15.3. The van der Waals surface area contributed by atoms with Crippen molar-refractivity contribution in [2.75, 3.05) is 13.2 Å². The van der Waals surface area contributed by atoms with Crippen LogP contribution in [0.1, 0.15) is 16.7 Å². The third kappa shape index (κ3) is 3.00. The van der Waals surface area contributed by atoms with Crippen LogP contribution in [0.15, 0.2) is 48.5 Å². The fourth-order valence-electron chi connectivity index (χ4n) is 2.09. The van der Waals surface area contributed by atoms with Crippen LogP contribution in [0.2, 0.25) is 0 Å². The molecule has 0 radical (unpaired) electrons. The Labute approximate surface area is 120 Å². The number of aliphatic hydroxyl groups is 1. The Morgan fingerprint density at radius 3 is 2.40 bits per heavy atom. The van der Waals surface area contributed by atoms with E-state index in [-0.39, 0.29) is 13.2 Å². The quantitative estimate of drug-likeness (QED) is 0.878. The first-order valence-electron chi connectivity index (χ1n) is 6.74. The average molecular weight is 271 g/mol. The Morgan fingerprint density at radius 2 is 1.75 bits per heavy atom. The van der Waals surface area contributed by atoms with Gasteiger partial charge in [0.15, 0.2) is 0 Å². The Kier molecular flexibility index (Phi) is 4.42. The molecule has 0 spiro atoms. The van der Waals surface area contributed by atoms with Crippen LogP contribution >= 0.6 is 0 Å². The number of hydrogen-bond donors (Lipinski definition) is 2. The van der Waals surface area contributed by atoms with Crippen molar-refractivity contribution in [3.05, 3.63) is 65.2 Å². The molecule has 0 aliphatic heterocycles. The SMILES string of the molecule is Cc1cccc(OCC(O)(CN)c2ccccc2)c1C. The molecule has 0 bridgehead atoms. The van der Waals surface area contributed by atoms with E-state index < -0.39 is 5.60 Å². The first-order valence-corrected chi connectivity index (χ1v) is 6.74. The van der Waals surface area contributed by atoms with Gasteiger partial charge in [-0.1, -0.05) is 42.5 Å². The average Bonchev–Trinajstić information content (AvgIpc) is 2.49. The maximum absolute atomic E-state index is 10.7. The van der Waals surface area contributed by atoms with Crippen molar-refractivity contribution in [3.63, 3.8) is 0 Å². The van der Waals surface area contributed by atoms with E-state index in [4.69, 9.17) is 10.5 Å².